The van der Waals surface area contributed by atoms with E-state index in [9.17, 15) is 24.3 Å². The Morgan fingerprint density at radius 1 is 1.17 bits per heavy atom. The van der Waals surface area contributed by atoms with Gasteiger partial charge >= 0.3 is 17.9 Å². The lowest BCUT2D eigenvalue weighted by atomic mass is 9.40. The second-order valence-corrected chi connectivity index (χ2v) is 13.2. The second kappa shape index (κ2) is 9.96. The van der Waals surface area contributed by atoms with E-state index < -0.39 is 58.3 Å². The fraction of sp³-hybridized carbons (Fsp3) is 0.625. The van der Waals surface area contributed by atoms with Crippen LogP contribution in [0.5, 0.6) is 0 Å². The third kappa shape index (κ3) is 4.14. The minimum Gasteiger partial charge on any atom is -0.472 e. The van der Waals surface area contributed by atoms with Crippen molar-refractivity contribution in [1.82, 2.24) is 0 Å². The van der Waals surface area contributed by atoms with Gasteiger partial charge in [0.2, 0.25) is 0 Å². The fourth-order valence-corrected chi connectivity index (χ4v) is 8.68. The number of fused-ring (bicyclic) bond motifs is 6. The zero-order chi connectivity index (χ0) is 30.1. The average Bonchev–Trinajstić information content (AvgIpc) is 3.46. The number of carbonyl (C=O) groups excluding carboxylic acids is 4. The number of Topliss-reactive ketones (excluding diaryl/α,β-unsaturated/α-hetero) is 1. The Bertz CT molecular complexity index is 1320. The van der Waals surface area contributed by atoms with Crippen LogP contribution in [0.4, 0.5) is 0 Å². The molecule has 1 saturated heterocycles. The number of rotatable bonds is 5. The quantitative estimate of drug-likeness (QED) is 0.236. The molecule has 9 atom stereocenters. The van der Waals surface area contributed by atoms with Crippen molar-refractivity contribution in [2.45, 2.75) is 79.1 Å². The van der Waals surface area contributed by atoms with E-state index in [-0.39, 0.29) is 30.0 Å². The third-order valence-electron chi connectivity index (χ3n) is 10.8. The van der Waals surface area contributed by atoms with Crippen LogP contribution in [0.25, 0.3) is 0 Å². The van der Waals surface area contributed by atoms with Crippen molar-refractivity contribution >= 4 is 23.7 Å². The molecule has 5 rings (SSSR count). The lowest BCUT2D eigenvalue weighted by Gasteiger charge is -2.64. The van der Waals surface area contributed by atoms with E-state index in [1.165, 1.54) is 7.11 Å². The highest BCUT2D eigenvalue weighted by molar-refractivity contribution is 5.95. The molecule has 2 heterocycles. The summed E-state index contributed by atoms with van der Waals surface area (Å²) in [5.41, 5.74) is -0.563. The normalized spacial score (nSPS) is 38.5. The summed E-state index contributed by atoms with van der Waals surface area (Å²) in [7, 11) is 1.20. The number of aliphatic hydroxyl groups excluding tert-OH is 1. The molecule has 4 aliphatic rings. The van der Waals surface area contributed by atoms with Crippen LogP contribution in [0.1, 0.15) is 72.5 Å². The van der Waals surface area contributed by atoms with E-state index in [4.69, 9.17) is 18.6 Å². The van der Waals surface area contributed by atoms with Gasteiger partial charge in [0.25, 0.3) is 0 Å². The largest absolute Gasteiger partial charge is 0.472 e. The van der Waals surface area contributed by atoms with Crippen LogP contribution < -0.4 is 0 Å². The molecule has 2 saturated carbocycles. The number of hydrogen-bond donors (Lipinski definition) is 1. The van der Waals surface area contributed by atoms with Gasteiger partial charge < -0.3 is 23.7 Å². The molecule has 222 valence electrons. The summed E-state index contributed by atoms with van der Waals surface area (Å²) < 4.78 is 22.2. The van der Waals surface area contributed by atoms with Crippen molar-refractivity contribution in [1.29, 1.82) is 0 Å². The Labute approximate surface area is 240 Å². The molecule has 3 aliphatic carbocycles. The van der Waals surface area contributed by atoms with Crippen molar-refractivity contribution in [3.63, 3.8) is 0 Å². The van der Waals surface area contributed by atoms with Crippen molar-refractivity contribution in [2.24, 2.45) is 39.9 Å². The molecule has 1 aliphatic heterocycles. The van der Waals surface area contributed by atoms with Crippen molar-refractivity contribution in [2.75, 3.05) is 7.11 Å². The lowest BCUT2D eigenvalue weighted by Crippen LogP contribution is -2.69. The summed E-state index contributed by atoms with van der Waals surface area (Å²) in [6.07, 6.45) is 4.96. The fourth-order valence-electron chi connectivity index (χ4n) is 8.68. The van der Waals surface area contributed by atoms with E-state index in [1.807, 2.05) is 26.8 Å². The van der Waals surface area contributed by atoms with Gasteiger partial charge in [0.1, 0.15) is 18.0 Å². The van der Waals surface area contributed by atoms with Crippen LogP contribution in [0.2, 0.25) is 0 Å². The van der Waals surface area contributed by atoms with Gasteiger partial charge in [-0.05, 0) is 44.6 Å². The number of methoxy groups -OCH3 is 1. The first-order valence-electron chi connectivity index (χ1n) is 14.3. The molecule has 0 spiro atoms. The number of cyclic esters (lactones) is 1. The van der Waals surface area contributed by atoms with E-state index in [1.54, 1.807) is 38.5 Å². The Morgan fingerprint density at radius 3 is 2.49 bits per heavy atom. The smallest absolute Gasteiger partial charge is 0.335 e. The number of aliphatic hydroxyl groups is 1. The SMILES string of the molecule is C/C=C(\C)C(=O)O[C@@H]1C2C=C3C(CC[C@]4(C)C3CC(=O)O[C@H]4c3ccoc3)[C@](C)(C2=O)C(C(O)C(=O)OC)C1(C)C. The third-order valence-corrected chi connectivity index (χ3v) is 10.8. The summed E-state index contributed by atoms with van der Waals surface area (Å²) in [6.45, 7) is 11.0. The van der Waals surface area contributed by atoms with Crippen LogP contribution in [-0.2, 0) is 33.4 Å². The standard InChI is InChI=1S/C32H40O9/c1-8-16(2)28(36)41-27-19-13-18-20(32(6,25(19)35)24(30(27,3)4)23(34)29(37)38-7)9-11-31(5)21(18)14-22(33)40-26(31)17-10-12-39-15-17/h8,10,12-13,15,19-21,23-24,26-27,34H,9,11,14H2,1-7H3/b16-8+/t19?,20?,21?,23?,24?,26-,27+,31+,32-/m0/s1. The van der Waals surface area contributed by atoms with E-state index >= 15 is 0 Å². The van der Waals surface area contributed by atoms with Crippen molar-refractivity contribution in [3.05, 3.63) is 47.5 Å². The first-order valence-corrected chi connectivity index (χ1v) is 14.3. The Balaban J connectivity index is 1.69. The molecule has 0 aromatic carbocycles. The maximum atomic E-state index is 14.5. The van der Waals surface area contributed by atoms with Gasteiger partial charge in [0, 0.05) is 33.3 Å². The van der Waals surface area contributed by atoms with Gasteiger partial charge in [-0.25, -0.2) is 9.59 Å². The summed E-state index contributed by atoms with van der Waals surface area (Å²) >= 11 is 0. The van der Waals surface area contributed by atoms with Crippen LogP contribution in [-0.4, -0.2) is 48.1 Å². The highest BCUT2D eigenvalue weighted by Gasteiger charge is 2.70. The first kappa shape index (κ1) is 29.3. The predicted molar refractivity (Wildman–Crippen MR) is 146 cm³/mol. The molecule has 3 fully saturated rings. The molecular formula is C32H40O9. The number of ketones is 1. The number of allylic oxidation sites excluding steroid dienone is 2. The molecule has 5 unspecified atom stereocenters. The number of furan rings is 1. The molecular weight excluding hydrogens is 528 g/mol. The Morgan fingerprint density at radius 2 is 1.88 bits per heavy atom. The van der Waals surface area contributed by atoms with Crippen molar-refractivity contribution in [3.8, 4) is 0 Å². The zero-order valence-corrected chi connectivity index (χ0v) is 24.8. The Kier molecular flexibility index (Phi) is 7.12. The molecule has 9 heteroatoms. The summed E-state index contributed by atoms with van der Waals surface area (Å²) in [6, 6.07) is 1.80. The van der Waals surface area contributed by atoms with Gasteiger partial charge in [0.05, 0.1) is 32.0 Å². The van der Waals surface area contributed by atoms with Crippen LogP contribution in [0.3, 0.4) is 0 Å². The molecule has 1 aromatic rings. The number of carbonyl (C=O) groups is 4. The van der Waals surface area contributed by atoms with Gasteiger partial charge in [-0.1, -0.05) is 45.4 Å². The number of esters is 3. The molecule has 0 radical (unpaired) electrons. The van der Waals surface area contributed by atoms with Crippen LogP contribution >= 0.6 is 0 Å². The summed E-state index contributed by atoms with van der Waals surface area (Å²) in [5, 5.41) is 11.5. The van der Waals surface area contributed by atoms with E-state index in [0.29, 0.717) is 18.4 Å². The molecule has 1 N–H and O–H groups in total. The topological polar surface area (TPSA) is 129 Å². The van der Waals surface area contributed by atoms with Gasteiger partial charge in [-0.3, -0.25) is 9.59 Å². The molecule has 0 amide bonds. The minimum atomic E-state index is -1.63. The monoisotopic (exact) mass is 568 g/mol. The van der Waals surface area contributed by atoms with Gasteiger partial charge in [-0.2, -0.15) is 0 Å². The summed E-state index contributed by atoms with van der Waals surface area (Å²) in [5.74, 6) is -4.27. The lowest BCUT2D eigenvalue weighted by molar-refractivity contribution is -0.208. The first-order chi connectivity index (χ1) is 19.2. The number of hydrogen-bond acceptors (Lipinski definition) is 9. The molecule has 2 bridgehead atoms. The molecule has 41 heavy (non-hydrogen) atoms. The highest BCUT2D eigenvalue weighted by atomic mass is 16.6. The maximum Gasteiger partial charge on any atom is 0.335 e. The van der Waals surface area contributed by atoms with E-state index in [2.05, 4.69) is 6.92 Å². The van der Waals surface area contributed by atoms with Crippen LogP contribution in [0.15, 0.2) is 46.3 Å². The summed E-state index contributed by atoms with van der Waals surface area (Å²) in [4.78, 5) is 53.4. The molecule has 9 nitrogen and oxygen atoms in total. The minimum absolute atomic E-state index is 0.139. The molecule has 1 aromatic heterocycles. The Hall–Kier alpha value is -3.20. The van der Waals surface area contributed by atoms with Crippen LogP contribution in [0, 0.1) is 39.9 Å². The number of ether oxygens (including phenoxy) is 3. The average molecular weight is 569 g/mol. The second-order valence-electron chi connectivity index (χ2n) is 13.2. The maximum absolute atomic E-state index is 14.5. The zero-order valence-electron chi connectivity index (χ0n) is 24.8. The highest BCUT2D eigenvalue weighted by Crippen LogP contribution is 2.68. The van der Waals surface area contributed by atoms with Gasteiger partial charge in [0.15, 0.2) is 6.10 Å². The van der Waals surface area contributed by atoms with E-state index in [0.717, 1.165) is 11.1 Å². The van der Waals surface area contributed by atoms with Gasteiger partial charge in [-0.15, -0.1) is 0 Å². The predicted octanol–water partition coefficient (Wildman–Crippen LogP) is 4.50. The van der Waals surface area contributed by atoms with Crippen molar-refractivity contribution < 1.29 is 42.9 Å².